The summed E-state index contributed by atoms with van der Waals surface area (Å²) in [7, 11) is 0. The summed E-state index contributed by atoms with van der Waals surface area (Å²) in [6.07, 6.45) is 5.67. The first kappa shape index (κ1) is 19.1. The van der Waals surface area contributed by atoms with Crippen molar-refractivity contribution in [1.82, 2.24) is 9.55 Å². The second-order valence-corrected chi connectivity index (χ2v) is 6.38. The minimum Gasteiger partial charge on any atom is -0.494 e. The molecule has 28 heavy (non-hydrogen) atoms. The predicted molar refractivity (Wildman–Crippen MR) is 108 cm³/mol. The van der Waals surface area contributed by atoms with E-state index in [4.69, 9.17) is 0 Å². The molecule has 0 fully saturated rings. The molecule has 2 aromatic heterocycles. The molecule has 3 rings (SSSR count). The van der Waals surface area contributed by atoms with Crippen LogP contribution < -0.4 is 5.56 Å². The van der Waals surface area contributed by atoms with E-state index in [1.54, 1.807) is 31.5 Å². The smallest absolute Gasteiger partial charge is 0.271 e. The van der Waals surface area contributed by atoms with E-state index in [1.807, 2.05) is 30.3 Å². The van der Waals surface area contributed by atoms with Crippen LogP contribution in [0.3, 0.4) is 0 Å². The molecule has 0 spiro atoms. The predicted octanol–water partition coefficient (Wildman–Crippen LogP) is 3.49. The van der Waals surface area contributed by atoms with Crippen molar-refractivity contribution in [1.29, 1.82) is 5.26 Å². The fourth-order valence-corrected chi connectivity index (χ4v) is 2.90. The summed E-state index contributed by atoms with van der Waals surface area (Å²) in [5, 5.41) is 20.2. The highest BCUT2D eigenvalue weighted by Gasteiger charge is 2.18. The minimum atomic E-state index is -0.536. The first-order chi connectivity index (χ1) is 13.5. The van der Waals surface area contributed by atoms with Crippen LogP contribution in [0, 0.1) is 18.3 Å². The lowest BCUT2D eigenvalue weighted by Gasteiger charge is -2.14. The van der Waals surface area contributed by atoms with E-state index in [9.17, 15) is 15.2 Å². The summed E-state index contributed by atoms with van der Waals surface area (Å²) in [5.41, 5.74) is 2.87. The number of nitriles is 1. The van der Waals surface area contributed by atoms with E-state index < -0.39 is 5.56 Å². The van der Waals surface area contributed by atoms with Crippen LogP contribution in [0.5, 0.6) is 5.88 Å². The van der Waals surface area contributed by atoms with Gasteiger partial charge in [-0.15, -0.1) is 0 Å². The molecule has 6 nitrogen and oxygen atoms in total. The topological polar surface area (TPSA) is 91.3 Å². The van der Waals surface area contributed by atoms with Crippen molar-refractivity contribution in [3.05, 3.63) is 87.0 Å². The molecule has 0 unspecified atom stereocenters. The average molecular weight is 372 g/mol. The Balaban J connectivity index is 2.07. The summed E-state index contributed by atoms with van der Waals surface area (Å²) < 4.78 is 1.17. The lowest BCUT2D eigenvalue weighted by atomic mass is 10.1. The summed E-state index contributed by atoms with van der Waals surface area (Å²) in [6.45, 7) is 3.82. The van der Waals surface area contributed by atoms with Crippen molar-refractivity contribution >= 4 is 11.9 Å². The molecule has 0 bridgehead atoms. The lowest BCUT2D eigenvalue weighted by molar-refractivity contribution is 0.413. The fraction of sp³-hybridized carbons (Fsp3) is 0.182. The molecule has 0 radical (unpaired) electrons. The second-order valence-electron chi connectivity index (χ2n) is 6.38. The number of benzene rings is 1. The number of aromatic nitrogens is 2. The molecule has 0 amide bonds. The Kier molecular flexibility index (Phi) is 5.66. The Morgan fingerprint density at radius 3 is 2.61 bits per heavy atom. The first-order valence-electron chi connectivity index (χ1n) is 8.93. The largest absolute Gasteiger partial charge is 0.494 e. The van der Waals surface area contributed by atoms with Crippen LogP contribution in [0.4, 0.5) is 5.69 Å². The van der Waals surface area contributed by atoms with E-state index in [0.717, 1.165) is 17.7 Å². The maximum Gasteiger partial charge on any atom is 0.271 e. The standard InChI is InChI=1S/C22H20N4O2/c1-3-16-6-8-18(9-7-16)25-13-20-15(2)19(11-23)21(27)26(22(20)28)14-17-5-4-10-24-12-17/h4-10,12-13,28H,3,14H2,1-2H3. The molecule has 0 aliphatic heterocycles. The maximum absolute atomic E-state index is 12.7. The van der Waals surface area contributed by atoms with Gasteiger partial charge in [-0.3, -0.25) is 19.3 Å². The molecule has 0 aliphatic rings. The van der Waals surface area contributed by atoms with Crippen LogP contribution in [0.15, 0.2) is 58.6 Å². The van der Waals surface area contributed by atoms with Crippen molar-refractivity contribution in [3.8, 4) is 11.9 Å². The van der Waals surface area contributed by atoms with Crippen molar-refractivity contribution in [3.63, 3.8) is 0 Å². The molecule has 6 heteroatoms. The van der Waals surface area contributed by atoms with Gasteiger partial charge in [0.1, 0.15) is 11.6 Å². The highest BCUT2D eigenvalue weighted by molar-refractivity contribution is 5.87. The maximum atomic E-state index is 12.7. The molecule has 3 aromatic rings. The quantitative estimate of drug-likeness (QED) is 0.694. The van der Waals surface area contributed by atoms with Gasteiger partial charge in [0.25, 0.3) is 5.56 Å². The Hall–Kier alpha value is -3.72. The van der Waals surface area contributed by atoms with E-state index >= 15 is 0 Å². The molecule has 2 heterocycles. The van der Waals surface area contributed by atoms with Crippen LogP contribution in [0.1, 0.15) is 34.7 Å². The molecular formula is C22H20N4O2. The van der Waals surface area contributed by atoms with E-state index in [2.05, 4.69) is 16.9 Å². The number of hydrogen-bond acceptors (Lipinski definition) is 5. The van der Waals surface area contributed by atoms with Gasteiger partial charge < -0.3 is 5.11 Å². The third-order valence-corrected chi connectivity index (χ3v) is 4.60. The Bertz CT molecular complexity index is 1110. The van der Waals surface area contributed by atoms with Crippen LogP contribution in [-0.4, -0.2) is 20.9 Å². The van der Waals surface area contributed by atoms with Crippen LogP contribution in [-0.2, 0) is 13.0 Å². The van der Waals surface area contributed by atoms with Gasteiger partial charge in [-0.25, -0.2) is 0 Å². The van der Waals surface area contributed by atoms with Gasteiger partial charge in [0.15, 0.2) is 0 Å². The van der Waals surface area contributed by atoms with Gasteiger partial charge in [-0.2, -0.15) is 5.26 Å². The van der Waals surface area contributed by atoms with Crippen LogP contribution in [0.2, 0.25) is 0 Å². The molecular weight excluding hydrogens is 352 g/mol. The van der Waals surface area contributed by atoms with Crippen molar-refractivity contribution in [2.24, 2.45) is 4.99 Å². The SMILES string of the molecule is CCc1ccc(N=Cc2c(C)c(C#N)c(=O)n(Cc3cccnc3)c2O)cc1. The minimum absolute atomic E-state index is 0.00975. The number of nitrogens with zero attached hydrogens (tertiary/aromatic N) is 4. The Labute approximate surface area is 163 Å². The van der Waals surface area contributed by atoms with E-state index in [-0.39, 0.29) is 18.0 Å². The summed E-state index contributed by atoms with van der Waals surface area (Å²) in [6, 6.07) is 13.3. The molecule has 0 saturated carbocycles. The molecule has 0 atom stereocenters. The number of hydrogen-bond donors (Lipinski definition) is 1. The van der Waals surface area contributed by atoms with Crippen LogP contribution >= 0.6 is 0 Å². The number of aliphatic imine (C=N–C) groups is 1. The van der Waals surface area contributed by atoms with Gasteiger partial charge >= 0.3 is 0 Å². The first-order valence-corrected chi connectivity index (χ1v) is 8.93. The number of pyridine rings is 2. The second kappa shape index (κ2) is 8.31. The zero-order chi connectivity index (χ0) is 20.1. The molecule has 1 N–H and O–H groups in total. The number of aromatic hydroxyl groups is 1. The van der Waals surface area contributed by atoms with Gasteiger partial charge in [0.05, 0.1) is 17.8 Å². The molecule has 0 saturated heterocycles. The van der Waals surface area contributed by atoms with Crippen molar-refractivity contribution < 1.29 is 5.11 Å². The van der Waals surface area contributed by atoms with Gasteiger partial charge in [0.2, 0.25) is 5.88 Å². The van der Waals surface area contributed by atoms with Gasteiger partial charge in [-0.05, 0) is 48.2 Å². The Morgan fingerprint density at radius 1 is 1.25 bits per heavy atom. The highest BCUT2D eigenvalue weighted by Crippen LogP contribution is 2.22. The monoisotopic (exact) mass is 372 g/mol. The number of rotatable bonds is 5. The molecule has 1 aromatic carbocycles. The summed E-state index contributed by atoms with van der Waals surface area (Å²) >= 11 is 0. The van der Waals surface area contributed by atoms with Crippen molar-refractivity contribution in [2.45, 2.75) is 26.8 Å². The average Bonchev–Trinajstić information content (AvgIpc) is 2.72. The van der Waals surface area contributed by atoms with Crippen molar-refractivity contribution in [2.75, 3.05) is 0 Å². The fourth-order valence-electron chi connectivity index (χ4n) is 2.90. The van der Waals surface area contributed by atoms with E-state index in [0.29, 0.717) is 11.1 Å². The van der Waals surface area contributed by atoms with Gasteiger partial charge in [0, 0.05) is 18.6 Å². The third-order valence-electron chi connectivity index (χ3n) is 4.60. The number of aryl methyl sites for hydroxylation is 1. The summed E-state index contributed by atoms with van der Waals surface area (Å²) in [4.78, 5) is 21.1. The Morgan fingerprint density at radius 2 is 2.00 bits per heavy atom. The lowest BCUT2D eigenvalue weighted by Crippen LogP contribution is -2.26. The zero-order valence-corrected chi connectivity index (χ0v) is 15.8. The molecule has 0 aliphatic carbocycles. The van der Waals surface area contributed by atoms with E-state index in [1.165, 1.54) is 16.3 Å². The molecule has 140 valence electrons. The van der Waals surface area contributed by atoms with Crippen LogP contribution in [0.25, 0.3) is 0 Å². The third kappa shape index (κ3) is 3.84. The highest BCUT2D eigenvalue weighted by atomic mass is 16.3. The summed E-state index contributed by atoms with van der Waals surface area (Å²) in [5.74, 6) is -0.223. The van der Waals surface area contributed by atoms with Gasteiger partial charge in [-0.1, -0.05) is 25.1 Å². The zero-order valence-electron chi connectivity index (χ0n) is 15.8. The normalized spacial score (nSPS) is 10.9.